The molecule has 2 aromatic heterocycles. The second kappa shape index (κ2) is 5.88. The molecule has 2 heterocycles. The standard InChI is InChI=1S/C12H12N4O4/c1-15(6-3-5-13)10(17)8-16-12(18)20-11(14-16)9-4-2-7-19-9/h2,4,7H,3,6,8H2,1H3. The molecule has 0 aliphatic heterocycles. The maximum Gasteiger partial charge on any atom is 0.437 e. The summed E-state index contributed by atoms with van der Waals surface area (Å²) in [6.07, 6.45) is 1.66. The van der Waals surface area contributed by atoms with Gasteiger partial charge in [0.25, 0.3) is 5.89 Å². The number of nitrogens with zero attached hydrogens (tertiary/aromatic N) is 4. The first-order valence-electron chi connectivity index (χ1n) is 5.84. The summed E-state index contributed by atoms with van der Waals surface area (Å²) in [5.74, 6) is -0.737. The molecule has 0 unspecified atom stereocenters. The van der Waals surface area contributed by atoms with Crippen molar-refractivity contribution in [3.8, 4) is 17.7 Å². The van der Waals surface area contributed by atoms with Crippen LogP contribution in [-0.2, 0) is 11.3 Å². The molecule has 0 N–H and O–H groups in total. The van der Waals surface area contributed by atoms with Crippen molar-refractivity contribution in [1.29, 1.82) is 5.26 Å². The van der Waals surface area contributed by atoms with Gasteiger partial charge in [0, 0.05) is 13.6 Å². The van der Waals surface area contributed by atoms with Crippen molar-refractivity contribution < 1.29 is 13.6 Å². The summed E-state index contributed by atoms with van der Waals surface area (Å²) in [5, 5.41) is 12.3. The Kier molecular flexibility index (Phi) is 4.00. The van der Waals surface area contributed by atoms with Crippen molar-refractivity contribution in [1.82, 2.24) is 14.7 Å². The summed E-state index contributed by atoms with van der Waals surface area (Å²) in [6.45, 7) is 0.0535. The number of hydrogen-bond acceptors (Lipinski definition) is 6. The highest BCUT2D eigenvalue weighted by molar-refractivity contribution is 5.75. The Labute approximate surface area is 113 Å². The van der Waals surface area contributed by atoms with Crippen molar-refractivity contribution in [3.05, 3.63) is 28.9 Å². The monoisotopic (exact) mass is 276 g/mol. The number of nitriles is 1. The molecule has 20 heavy (non-hydrogen) atoms. The number of aromatic nitrogens is 2. The molecule has 1 amide bonds. The van der Waals surface area contributed by atoms with E-state index in [0.717, 1.165) is 4.68 Å². The zero-order valence-corrected chi connectivity index (χ0v) is 10.8. The van der Waals surface area contributed by atoms with Crippen LogP contribution in [0.25, 0.3) is 11.7 Å². The predicted molar refractivity (Wildman–Crippen MR) is 66.3 cm³/mol. The van der Waals surface area contributed by atoms with E-state index in [0.29, 0.717) is 12.3 Å². The summed E-state index contributed by atoms with van der Waals surface area (Å²) in [6, 6.07) is 5.17. The molecule has 8 nitrogen and oxygen atoms in total. The molecular weight excluding hydrogens is 264 g/mol. The van der Waals surface area contributed by atoms with Gasteiger partial charge >= 0.3 is 5.76 Å². The van der Waals surface area contributed by atoms with Gasteiger partial charge in [0.15, 0.2) is 5.76 Å². The topological polar surface area (TPSA) is 105 Å². The van der Waals surface area contributed by atoms with Crippen LogP contribution in [0.2, 0.25) is 0 Å². The van der Waals surface area contributed by atoms with E-state index in [9.17, 15) is 9.59 Å². The van der Waals surface area contributed by atoms with E-state index >= 15 is 0 Å². The molecule has 0 aromatic carbocycles. The van der Waals surface area contributed by atoms with Crippen LogP contribution in [-0.4, -0.2) is 34.2 Å². The minimum atomic E-state index is -0.738. The van der Waals surface area contributed by atoms with Crippen LogP contribution in [0.1, 0.15) is 6.42 Å². The summed E-state index contributed by atoms with van der Waals surface area (Å²) >= 11 is 0. The third-order valence-corrected chi connectivity index (χ3v) is 2.61. The van der Waals surface area contributed by atoms with Gasteiger partial charge in [0.05, 0.1) is 18.8 Å². The number of likely N-dealkylation sites (N-methyl/N-ethyl adjacent to an activating group) is 1. The Morgan fingerprint density at radius 3 is 3.05 bits per heavy atom. The molecule has 0 saturated carbocycles. The van der Waals surface area contributed by atoms with Crippen LogP contribution in [0.5, 0.6) is 0 Å². The van der Waals surface area contributed by atoms with E-state index in [1.165, 1.54) is 11.2 Å². The smallest absolute Gasteiger partial charge is 0.437 e. The minimum absolute atomic E-state index is 0.0208. The van der Waals surface area contributed by atoms with Gasteiger partial charge in [-0.3, -0.25) is 4.79 Å². The lowest BCUT2D eigenvalue weighted by Gasteiger charge is -2.14. The van der Waals surface area contributed by atoms with E-state index in [1.54, 1.807) is 19.2 Å². The second-order valence-electron chi connectivity index (χ2n) is 4.03. The molecule has 104 valence electrons. The third kappa shape index (κ3) is 2.95. The van der Waals surface area contributed by atoms with Gasteiger partial charge in [-0.15, -0.1) is 5.10 Å². The Morgan fingerprint density at radius 1 is 1.60 bits per heavy atom. The molecular formula is C12H12N4O4. The lowest BCUT2D eigenvalue weighted by Crippen LogP contribution is -2.33. The fourth-order valence-electron chi connectivity index (χ4n) is 1.50. The van der Waals surface area contributed by atoms with Gasteiger partial charge in [-0.2, -0.15) is 9.94 Å². The van der Waals surface area contributed by atoms with E-state index < -0.39 is 5.76 Å². The molecule has 2 aromatic rings. The lowest BCUT2D eigenvalue weighted by atomic mass is 10.4. The number of rotatable bonds is 5. The van der Waals surface area contributed by atoms with Crippen molar-refractivity contribution in [2.75, 3.05) is 13.6 Å². The first kappa shape index (κ1) is 13.6. The van der Waals surface area contributed by atoms with Crippen LogP contribution in [0.4, 0.5) is 0 Å². The summed E-state index contributed by atoms with van der Waals surface area (Å²) in [7, 11) is 1.55. The third-order valence-electron chi connectivity index (χ3n) is 2.61. The van der Waals surface area contributed by atoms with Crippen LogP contribution >= 0.6 is 0 Å². The summed E-state index contributed by atoms with van der Waals surface area (Å²) in [4.78, 5) is 24.8. The first-order valence-corrected chi connectivity index (χ1v) is 5.84. The number of carbonyl (C=O) groups excluding carboxylic acids is 1. The van der Waals surface area contributed by atoms with Gasteiger partial charge < -0.3 is 13.7 Å². The highest BCUT2D eigenvalue weighted by Crippen LogP contribution is 2.14. The van der Waals surface area contributed by atoms with Gasteiger partial charge in [0.2, 0.25) is 5.91 Å². The predicted octanol–water partition coefficient (Wildman–Crippen LogP) is 0.468. The highest BCUT2D eigenvalue weighted by Gasteiger charge is 2.16. The Morgan fingerprint density at radius 2 is 2.40 bits per heavy atom. The molecule has 0 bridgehead atoms. The Balaban J connectivity index is 2.09. The molecule has 0 saturated heterocycles. The van der Waals surface area contributed by atoms with Gasteiger partial charge in [0.1, 0.15) is 6.54 Å². The molecule has 0 atom stereocenters. The fourth-order valence-corrected chi connectivity index (χ4v) is 1.50. The minimum Gasteiger partial charge on any atom is -0.459 e. The van der Waals surface area contributed by atoms with Crippen molar-refractivity contribution >= 4 is 5.91 Å². The molecule has 0 aliphatic carbocycles. The van der Waals surface area contributed by atoms with E-state index in [2.05, 4.69) is 5.10 Å². The Bertz CT molecular complexity index is 677. The maximum absolute atomic E-state index is 11.8. The number of carbonyl (C=O) groups is 1. The first-order chi connectivity index (χ1) is 9.61. The average Bonchev–Trinajstić information content (AvgIpc) is 3.06. The second-order valence-corrected chi connectivity index (χ2v) is 4.03. The zero-order chi connectivity index (χ0) is 14.5. The van der Waals surface area contributed by atoms with Crippen LogP contribution < -0.4 is 5.76 Å². The quantitative estimate of drug-likeness (QED) is 0.785. The molecule has 0 aliphatic rings. The SMILES string of the molecule is CN(CCC#N)C(=O)Cn1nc(-c2ccco2)oc1=O. The molecule has 0 fully saturated rings. The van der Waals surface area contributed by atoms with E-state index in [4.69, 9.17) is 14.1 Å². The van der Waals surface area contributed by atoms with Crippen LogP contribution in [0, 0.1) is 11.3 Å². The van der Waals surface area contributed by atoms with Gasteiger partial charge in [-0.25, -0.2) is 4.79 Å². The molecule has 0 spiro atoms. The molecule has 8 heteroatoms. The van der Waals surface area contributed by atoms with E-state index in [-0.39, 0.29) is 24.8 Å². The highest BCUT2D eigenvalue weighted by atomic mass is 16.4. The summed E-state index contributed by atoms with van der Waals surface area (Å²) < 4.78 is 10.9. The van der Waals surface area contributed by atoms with Crippen LogP contribution in [0.15, 0.2) is 32.0 Å². The van der Waals surface area contributed by atoms with E-state index in [1.807, 2.05) is 6.07 Å². The zero-order valence-electron chi connectivity index (χ0n) is 10.8. The van der Waals surface area contributed by atoms with Crippen molar-refractivity contribution in [2.45, 2.75) is 13.0 Å². The average molecular weight is 276 g/mol. The fraction of sp³-hybridized carbons (Fsp3) is 0.333. The number of furan rings is 1. The molecule has 2 rings (SSSR count). The van der Waals surface area contributed by atoms with Crippen molar-refractivity contribution in [3.63, 3.8) is 0 Å². The number of amides is 1. The lowest BCUT2D eigenvalue weighted by molar-refractivity contribution is -0.130. The molecule has 0 radical (unpaired) electrons. The summed E-state index contributed by atoms with van der Waals surface area (Å²) in [5.41, 5.74) is 0. The Hall–Kier alpha value is -2.82. The number of hydrogen-bond donors (Lipinski definition) is 0. The van der Waals surface area contributed by atoms with Crippen LogP contribution in [0.3, 0.4) is 0 Å². The maximum atomic E-state index is 11.8. The normalized spacial score (nSPS) is 10.2. The van der Waals surface area contributed by atoms with Gasteiger partial charge in [-0.05, 0) is 12.1 Å². The van der Waals surface area contributed by atoms with Gasteiger partial charge in [-0.1, -0.05) is 0 Å². The van der Waals surface area contributed by atoms with Crippen molar-refractivity contribution in [2.24, 2.45) is 0 Å². The largest absolute Gasteiger partial charge is 0.459 e.